The van der Waals surface area contributed by atoms with E-state index in [0.717, 1.165) is 30.8 Å². The molecule has 1 aliphatic carbocycles. The van der Waals surface area contributed by atoms with Gasteiger partial charge in [-0.3, -0.25) is 0 Å². The minimum Gasteiger partial charge on any atom is -0.366 e. The van der Waals surface area contributed by atoms with Crippen molar-refractivity contribution in [2.24, 2.45) is 0 Å². The molecule has 0 aromatic carbocycles. The molecule has 2 aliphatic rings. The van der Waals surface area contributed by atoms with E-state index in [0.29, 0.717) is 6.42 Å². The zero-order valence-electron chi connectivity index (χ0n) is 9.52. The van der Waals surface area contributed by atoms with Gasteiger partial charge in [-0.05, 0) is 25.7 Å². The first kappa shape index (κ1) is 11.0. The fourth-order valence-corrected chi connectivity index (χ4v) is 4.26. The highest BCUT2D eigenvalue weighted by molar-refractivity contribution is 7.91. The van der Waals surface area contributed by atoms with Crippen molar-refractivity contribution in [2.45, 2.75) is 31.7 Å². The summed E-state index contributed by atoms with van der Waals surface area (Å²) >= 11 is 0. The summed E-state index contributed by atoms with van der Waals surface area (Å²) in [5.74, 6) is 1.36. The molecule has 1 fully saturated rings. The smallest absolute Gasteiger partial charge is 0.152 e. The molecule has 0 saturated carbocycles. The van der Waals surface area contributed by atoms with Crippen molar-refractivity contribution in [3.63, 3.8) is 0 Å². The molecule has 1 aliphatic heterocycles. The quantitative estimate of drug-likeness (QED) is 0.834. The SMILES string of the molecule is O=S1(=O)CCC(Nc2ncnc3c2CCC3)C1. The second kappa shape index (κ2) is 3.94. The normalized spacial score (nSPS) is 25.8. The van der Waals surface area contributed by atoms with Crippen LogP contribution in [0, 0.1) is 0 Å². The minimum absolute atomic E-state index is 0.0135. The van der Waals surface area contributed by atoms with E-state index >= 15 is 0 Å². The van der Waals surface area contributed by atoms with Gasteiger partial charge in [-0.1, -0.05) is 0 Å². The van der Waals surface area contributed by atoms with Crippen LogP contribution in [0.5, 0.6) is 0 Å². The molecule has 92 valence electrons. The third-order valence-electron chi connectivity index (χ3n) is 3.45. The van der Waals surface area contributed by atoms with E-state index < -0.39 is 9.84 Å². The number of aryl methyl sites for hydroxylation is 1. The molecule has 3 rings (SSSR count). The fraction of sp³-hybridized carbons (Fsp3) is 0.636. The van der Waals surface area contributed by atoms with Crippen LogP contribution in [0.1, 0.15) is 24.1 Å². The molecule has 0 amide bonds. The number of fused-ring (bicyclic) bond motifs is 1. The molecule has 1 saturated heterocycles. The Hall–Kier alpha value is -1.17. The third-order valence-corrected chi connectivity index (χ3v) is 5.22. The Kier molecular flexibility index (Phi) is 2.54. The van der Waals surface area contributed by atoms with Crippen LogP contribution < -0.4 is 5.32 Å². The van der Waals surface area contributed by atoms with Gasteiger partial charge in [-0.25, -0.2) is 18.4 Å². The zero-order chi connectivity index (χ0) is 11.9. The molecule has 2 heterocycles. The fourth-order valence-electron chi connectivity index (χ4n) is 2.59. The predicted octanol–water partition coefficient (Wildman–Crippen LogP) is 0.564. The van der Waals surface area contributed by atoms with E-state index in [1.54, 1.807) is 6.33 Å². The second-order valence-electron chi connectivity index (χ2n) is 4.75. The molecular weight excluding hydrogens is 238 g/mol. The molecule has 17 heavy (non-hydrogen) atoms. The maximum absolute atomic E-state index is 11.4. The Balaban J connectivity index is 1.80. The molecule has 0 bridgehead atoms. The van der Waals surface area contributed by atoms with Crippen molar-refractivity contribution in [1.82, 2.24) is 9.97 Å². The number of hydrogen-bond acceptors (Lipinski definition) is 5. The number of nitrogens with zero attached hydrogens (tertiary/aromatic N) is 2. The monoisotopic (exact) mass is 253 g/mol. The van der Waals surface area contributed by atoms with Gasteiger partial charge in [-0.2, -0.15) is 0 Å². The predicted molar refractivity (Wildman–Crippen MR) is 64.7 cm³/mol. The van der Waals surface area contributed by atoms with Crippen LogP contribution in [0.4, 0.5) is 5.82 Å². The Morgan fingerprint density at radius 3 is 2.94 bits per heavy atom. The summed E-state index contributed by atoms with van der Waals surface area (Å²) in [7, 11) is -2.84. The summed E-state index contributed by atoms with van der Waals surface area (Å²) in [6, 6.07) is 0.0135. The molecule has 1 aromatic rings. The lowest BCUT2D eigenvalue weighted by molar-refractivity contribution is 0.602. The van der Waals surface area contributed by atoms with Crippen LogP contribution >= 0.6 is 0 Å². The van der Waals surface area contributed by atoms with E-state index in [1.807, 2.05) is 0 Å². The number of hydrogen-bond donors (Lipinski definition) is 1. The summed E-state index contributed by atoms with van der Waals surface area (Å²) in [6.45, 7) is 0. The zero-order valence-corrected chi connectivity index (χ0v) is 10.3. The van der Waals surface area contributed by atoms with Gasteiger partial charge in [0.1, 0.15) is 12.1 Å². The highest BCUT2D eigenvalue weighted by Gasteiger charge is 2.29. The number of anilines is 1. The first-order chi connectivity index (χ1) is 8.14. The van der Waals surface area contributed by atoms with Gasteiger partial charge >= 0.3 is 0 Å². The first-order valence-electron chi connectivity index (χ1n) is 5.94. The molecule has 6 heteroatoms. The van der Waals surface area contributed by atoms with Crippen LogP contribution in [0.3, 0.4) is 0 Å². The van der Waals surface area contributed by atoms with Crippen LogP contribution in [-0.2, 0) is 22.7 Å². The Morgan fingerprint density at radius 1 is 1.29 bits per heavy atom. The van der Waals surface area contributed by atoms with Gasteiger partial charge in [0.2, 0.25) is 0 Å². The lowest BCUT2D eigenvalue weighted by Crippen LogP contribution is -2.22. The van der Waals surface area contributed by atoms with E-state index in [1.165, 1.54) is 5.56 Å². The van der Waals surface area contributed by atoms with Crippen molar-refractivity contribution in [1.29, 1.82) is 0 Å². The molecule has 0 radical (unpaired) electrons. The number of aromatic nitrogens is 2. The average molecular weight is 253 g/mol. The topological polar surface area (TPSA) is 72.0 Å². The molecule has 0 spiro atoms. The highest BCUT2D eigenvalue weighted by atomic mass is 32.2. The Morgan fingerprint density at radius 2 is 2.18 bits per heavy atom. The van der Waals surface area contributed by atoms with Crippen LogP contribution in [-0.4, -0.2) is 35.9 Å². The summed E-state index contributed by atoms with van der Waals surface area (Å²) in [4.78, 5) is 8.50. The summed E-state index contributed by atoms with van der Waals surface area (Å²) in [5.41, 5.74) is 2.29. The van der Waals surface area contributed by atoms with Gasteiger partial charge in [0.25, 0.3) is 0 Å². The van der Waals surface area contributed by atoms with Gasteiger partial charge in [0.15, 0.2) is 9.84 Å². The van der Waals surface area contributed by atoms with E-state index in [9.17, 15) is 8.42 Å². The largest absolute Gasteiger partial charge is 0.366 e. The first-order valence-corrected chi connectivity index (χ1v) is 7.76. The molecule has 1 unspecified atom stereocenters. The van der Waals surface area contributed by atoms with Crippen LogP contribution in [0.25, 0.3) is 0 Å². The maximum atomic E-state index is 11.4. The number of nitrogens with one attached hydrogen (secondary N) is 1. The van der Waals surface area contributed by atoms with Gasteiger partial charge in [0.05, 0.1) is 11.5 Å². The third kappa shape index (κ3) is 2.13. The highest BCUT2D eigenvalue weighted by Crippen LogP contribution is 2.26. The van der Waals surface area contributed by atoms with Crippen molar-refractivity contribution in [2.75, 3.05) is 16.8 Å². The molecule has 1 atom stereocenters. The molecular formula is C11H15N3O2S. The standard InChI is InChI=1S/C11H15N3O2S/c15-17(16)5-4-8(6-17)14-11-9-2-1-3-10(9)12-7-13-11/h7-8H,1-6H2,(H,12,13,14). The summed E-state index contributed by atoms with van der Waals surface area (Å²) in [6.07, 6.45) is 5.37. The van der Waals surface area contributed by atoms with Crippen LogP contribution in [0.2, 0.25) is 0 Å². The number of rotatable bonds is 2. The Bertz CT molecular complexity index is 542. The van der Waals surface area contributed by atoms with Gasteiger partial charge < -0.3 is 5.32 Å². The van der Waals surface area contributed by atoms with E-state index in [2.05, 4.69) is 15.3 Å². The molecule has 1 N–H and O–H groups in total. The lowest BCUT2D eigenvalue weighted by Gasteiger charge is -2.14. The summed E-state index contributed by atoms with van der Waals surface area (Å²) in [5, 5.41) is 3.27. The molecule has 5 nitrogen and oxygen atoms in total. The van der Waals surface area contributed by atoms with Crippen molar-refractivity contribution < 1.29 is 8.42 Å². The molecule has 1 aromatic heterocycles. The van der Waals surface area contributed by atoms with Crippen molar-refractivity contribution in [3.05, 3.63) is 17.6 Å². The van der Waals surface area contributed by atoms with Crippen molar-refractivity contribution >= 4 is 15.7 Å². The van der Waals surface area contributed by atoms with Crippen LogP contribution in [0.15, 0.2) is 6.33 Å². The number of sulfone groups is 1. The average Bonchev–Trinajstić information content (AvgIpc) is 2.85. The van der Waals surface area contributed by atoms with Gasteiger partial charge in [0, 0.05) is 17.3 Å². The lowest BCUT2D eigenvalue weighted by atomic mass is 10.2. The van der Waals surface area contributed by atoms with E-state index in [4.69, 9.17) is 0 Å². The second-order valence-corrected chi connectivity index (χ2v) is 6.97. The van der Waals surface area contributed by atoms with Gasteiger partial charge in [-0.15, -0.1) is 0 Å². The minimum atomic E-state index is -2.84. The Labute approximate surface area is 101 Å². The van der Waals surface area contributed by atoms with E-state index in [-0.39, 0.29) is 17.5 Å². The maximum Gasteiger partial charge on any atom is 0.152 e. The van der Waals surface area contributed by atoms with Crippen molar-refractivity contribution in [3.8, 4) is 0 Å². The summed E-state index contributed by atoms with van der Waals surface area (Å²) < 4.78 is 22.8.